The van der Waals surface area contributed by atoms with Crippen molar-refractivity contribution in [2.24, 2.45) is 0 Å². The number of rotatable bonds is 5. The van der Waals surface area contributed by atoms with Gasteiger partial charge < -0.3 is 20.3 Å². The number of carbonyl (C=O) groups is 2. The fraction of sp³-hybridized carbons (Fsp3) is 0.222. The number of anilines is 1. The van der Waals surface area contributed by atoms with E-state index < -0.39 is 0 Å². The number of ether oxygens (including phenoxy) is 1. The number of hydrogen-bond donors (Lipinski definition) is 3. The largest absolute Gasteiger partial charge is 0.455 e. The minimum Gasteiger partial charge on any atom is -0.455 e. The number of quaternary nitrogens is 1. The Morgan fingerprint density at radius 2 is 1.88 bits per heavy atom. The van der Waals surface area contributed by atoms with Gasteiger partial charge in [0.2, 0.25) is 0 Å². The van der Waals surface area contributed by atoms with Crippen LogP contribution in [0.2, 0.25) is 0 Å². The third-order valence-corrected chi connectivity index (χ3v) is 3.75. The van der Waals surface area contributed by atoms with E-state index in [4.69, 9.17) is 4.74 Å². The highest BCUT2D eigenvalue weighted by atomic mass is 16.5. The molecule has 1 aliphatic heterocycles. The fourth-order valence-electron chi connectivity index (χ4n) is 2.60. The predicted octanol–water partition coefficient (Wildman–Crippen LogP) is 0.432. The zero-order valence-corrected chi connectivity index (χ0v) is 13.2. The minimum atomic E-state index is -0.135. The lowest BCUT2D eigenvalue weighted by molar-refractivity contribution is -0.885. The third-order valence-electron chi connectivity index (χ3n) is 3.75. The highest BCUT2D eigenvalue weighted by Crippen LogP contribution is 2.28. The molecule has 1 atom stereocenters. The summed E-state index contributed by atoms with van der Waals surface area (Å²) in [5.41, 5.74) is 0.618. The van der Waals surface area contributed by atoms with Gasteiger partial charge in [0.05, 0.1) is 18.8 Å². The van der Waals surface area contributed by atoms with Crippen molar-refractivity contribution < 1.29 is 19.2 Å². The molecular weight excluding hydrogens is 306 g/mol. The Kier molecular flexibility index (Phi) is 5.08. The van der Waals surface area contributed by atoms with Gasteiger partial charge in [0, 0.05) is 0 Å². The summed E-state index contributed by atoms with van der Waals surface area (Å²) in [6.45, 7) is 1.94. The molecule has 6 heteroatoms. The maximum Gasteiger partial charge on any atom is 0.279 e. The first-order chi connectivity index (χ1) is 11.7. The van der Waals surface area contributed by atoms with E-state index >= 15 is 0 Å². The van der Waals surface area contributed by atoms with Gasteiger partial charge in [-0.25, -0.2) is 0 Å². The van der Waals surface area contributed by atoms with Crippen molar-refractivity contribution >= 4 is 17.5 Å². The monoisotopic (exact) mass is 326 g/mol. The maximum absolute atomic E-state index is 12.3. The van der Waals surface area contributed by atoms with Crippen LogP contribution in [0.25, 0.3) is 0 Å². The molecule has 3 rings (SSSR count). The van der Waals surface area contributed by atoms with E-state index in [1.807, 2.05) is 48.5 Å². The lowest BCUT2D eigenvalue weighted by Crippen LogP contribution is -3.16. The van der Waals surface area contributed by atoms with Crippen LogP contribution >= 0.6 is 0 Å². The summed E-state index contributed by atoms with van der Waals surface area (Å²) >= 11 is 0. The van der Waals surface area contributed by atoms with Gasteiger partial charge >= 0.3 is 0 Å². The van der Waals surface area contributed by atoms with Gasteiger partial charge in [0.25, 0.3) is 11.8 Å². The molecule has 0 spiro atoms. The van der Waals surface area contributed by atoms with Crippen LogP contribution in [-0.4, -0.2) is 38.0 Å². The number of carbonyl (C=O) groups excluding carboxylic acids is 2. The minimum absolute atomic E-state index is 0.0168. The normalized spacial score (nSPS) is 17.0. The molecule has 0 radical (unpaired) electrons. The van der Waals surface area contributed by atoms with Crippen molar-refractivity contribution in [2.45, 2.75) is 0 Å². The summed E-state index contributed by atoms with van der Waals surface area (Å²) in [5, 5.41) is 5.64. The summed E-state index contributed by atoms with van der Waals surface area (Å²) in [7, 11) is 0. The predicted molar refractivity (Wildman–Crippen MR) is 90.2 cm³/mol. The molecule has 0 saturated carbocycles. The molecule has 3 N–H and O–H groups in total. The molecule has 1 saturated heterocycles. The molecule has 2 aromatic carbocycles. The number of hydrogen-bond acceptors (Lipinski definition) is 3. The molecule has 0 bridgehead atoms. The molecule has 0 aromatic heterocycles. The highest BCUT2D eigenvalue weighted by Gasteiger charge is 2.22. The van der Waals surface area contributed by atoms with E-state index in [0.717, 1.165) is 11.4 Å². The van der Waals surface area contributed by atoms with E-state index in [1.165, 1.54) is 0 Å². The summed E-state index contributed by atoms with van der Waals surface area (Å²) in [4.78, 5) is 24.6. The summed E-state index contributed by atoms with van der Waals surface area (Å²) in [6, 6.07) is 16.7. The van der Waals surface area contributed by atoms with Gasteiger partial charge in [0.15, 0.2) is 18.8 Å². The van der Waals surface area contributed by atoms with Crippen LogP contribution in [-0.2, 0) is 9.59 Å². The van der Waals surface area contributed by atoms with Gasteiger partial charge in [0.1, 0.15) is 5.75 Å². The molecular formula is C18H20N3O3+. The van der Waals surface area contributed by atoms with Crippen molar-refractivity contribution in [2.75, 3.05) is 31.5 Å². The molecule has 1 aliphatic rings. The van der Waals surface area contributed by atoms with Gasteiger partial charge in [-0.1, -0.05) is 30.3 Å². The Morgan fingerprint density at radius 1 is 1.12 bits per heavy atom. The second-order valence-electron chi connectivity index (χ2n) is 5.66. The van der Waals surface area contributed by atoms with E-state index in [-0.39, 0.29) is 18.4 Å². The Balaban J connectivity index is 1.64. The van der Waals surface area contributed by atoms with Gasteiger partial charge in [-0.15, -0.1) is 0 Å². The molecule has 24 heavy (non-hydrogen) atoms. The van der Waals surface area contributed by atoms with Gasteiger partial charge in [-0.2, -0.15) is 0 Å². The molecule has 1 fully saturated rings. The zero-order valence-electron chi connectivity index (χ0n) is 13.2. The summed E-state index contributed by atoms with van der Waals surface area (Å²) in [5.74, 6) is 1.14. The molecule has 1 unspecified atom stereocenters. The van der Waals surface area contributed by atoms with Crippen LogP contribution < -0.4 is 20.3 Å². The average molecular weight is 326 g/mol. The van der Waals surface area contributed by atoms with Gasteiger partial charge in [-0.3, -0.25) is 9.59 Å². The van der Waals surface area contributed by atoms with E-state index in [9.17, 15) is 9.59 Å². The van der Waals surface area contributed by atoms with Crippen LogP contribution in [0.1, 0.15) is 0 Å². The molecule has 2 amide bonds. The Labute approximate surface area is 140 Å². The molecule has 6 nitrogen and oxygen atoms in total. The number of piperazine rings is 1. The van der Waals surface area contributed by atoms with Crippen molar-refractivity contribution in [3.05, 3.63) is 54.6 Å². The van der Waals surface area contributed by atoms with Crippen molar-refractivity contribution in [3.8, 4) is 11.5 Å². The first-order valence-electron chi connectivity index (χ1n) is 7.93. The van der Waals surface area contributed by atoms with Crippen molar-refractivity contribution in [1.29, 1.82) is 0 Å². The number of amides is 2. The standard InChI is InChI=1S/C18H19N3O3/c22-17-12-21(11-10-19-17)13-18(23)20-15-8-4-5-9-16(15)24-14-6-2-1-3-7-14/h1-9H,10-13H2,(H,19,22)(H,20,23)/p+1. The smallest absolute Gasteiger partial charge is 0.279 e. The highest BCUT2D eigenvalue weighted by molar-refractivity contribution is 5.93. The second kappa shape index (κ2) is 7.61. The SMILES string of the molecule is O=C1C[NH+](CC(=O)Nc2ccccc2Oc2ccccc2)CCN1. The van der Waals surface area contributed by atoms with Crippen LogP contribution in [0.3, 0.4) is 0 Å². The number of para-hydroxylation sites is 3. The molecule has 1 heterocycles. The first-order valence-corrected chi connectivity index (χ1v) is 7.93. The molecule has 2 aromatic rings. The van der Waals surface area contributed by atoms with Gasteiger partial charge in [-0.05, 0) is 24.3 Å². The lowest BCUT2D eigenvalue weighted by Gasteiger charge is -2.23. The summed E-state index contributed by atoms with van der Waals surface area (Å²) in [6.07, 6.45) is 0. The van der Waals surface area contributed by atoms with E-state index in [1.54, 1.807) is 6.07 Å². The van der Waals surface area contributed by atoms with Crippen molar-refractivity contribution in [3.63, 3.8) is 0 Å². The third kappa shape index (κ3) is 4.33. The Hall–Kier alpha value is -2.86. The van der Waals surface area contributed by atoms with Crippen LogP contribution in [0.15, 0.2) is 54.6 Å². The molecule has 124 valence electrons. The van der Waals surface area contributed by atoms with E-state index in [2.05, 4.69) is 10.6 Å². The molecule has 0 aliphatic carbocycles. The quantitative estimate of drug-likeness (QED) is 0.746. The van der Waals surface area contributed by atoms with Crippen LogP contribution in [0, 0.1) is 0 Å². The van der Waals surface area contributed by atoms with Crippen molar-refractivity contribution in [1.82, 2.24) is 5.32 Å². The summed E-state index contributed by atoms with van der Waals surface area (Å²) < 4.78 is 5.83. The van der Waals surface area contributed by atoms with Crippen LogP contribution in [0.4, 0.5) is 5.69 Å². The topological polar surface area (TPSA) is 71.9 Å². The number of nitrogens with one attached hydrogen (secondary N) is 3. The maximum atomic E-state index is 12.3. The number of benzene rings is 2. The lowest BCUT2D eigenvalue weighted by atomic mass is 10.2. The van der Waals surface area contributed by atoms with E-state index in [0.29, 0.717) is 30.3 Å². The Morgan fingerprint density at radius 3 is 2.67 bits per heavy atom. The zero-order chi connectivity index (χ0) is 16.8. The first kappa shape index (κ1) is 16.0. The average Bonchev–Trinajstić information content (AvgIpc) is 2.57. The second-order valence-corrected chi connectivity index (χ2v) is 5.66. The fourth-order valence-corrected chi connectivity index (χ4v) is 2.60. The Bertz CT molecular complexity index is 718. The van der Waals surface area contributed by atoms with Crippen LogP contribution in [0.5, 0.6) is 11.5 Å².